The van der Waals surface area contributed by atoms with E-state index in [1.165, 1.54) is 6.33 Å². The molecule has 100 valence electrons. The average molecular weight is 272 g/mol. The summed E-state index contributed by atoms with van der Waals surface area (Å²) in [5.74, 6) is -1.17. The van der Waals surface area contributed by atoms with E-state index >= 15 is 0 Å². The molecule has 1 atom stereocenters. The molecule has 0 aromatic carbocycles. The highest BCUT2D eigenvalue weighted by Gasteiger charge is 2.18. The van der Waals surface area contributed by atoms with Crippen molar-refractivity contribution < 1.29 is 14.7 Å². The van der Waals surface area contributed by atoms with E-state index in [4.69, 9.17) is 5.11 Å². The van der Waals surface area contributed by atoms with E-state index in [-0.39, 0.29) is 11.7 Å². The Kier molecular flexibility index (Phi) is 5.63. The number of thioether (sulfide) groups is 1. The third kappa shape index (κ3) is 4.02. The Labute approximate surface area is 109 Å². The van der Waals surface area contributed by atoms with E-state index in [2.05, 4.69) is 15.5 Å². The molecule has 7 nitrogen and oxygen atoms in total. The Morgan fingerprint density at radius 2 is 2.33 bits per heavy atom. The number of carbonyl (C=O) groups excluding carboxylic acids is 1. The van der Waals surface area contributed by atoms with Gasteiger partial charge in [-0.3, -0.25) is 14.2 Å². The highest BCUT2D eigenvalue weighted by Crippen LogP contribution is 2.18. The van der Waals surface area contributed by atoms with E-state index in [1.807, 2.05) is 6.92 Å². The molecule has 2 N–H and O–H groups in total. The molecule has 0 aliphatic heterocycles. The smallest absolute Gasteiger partial charge is 0.313 e. The van der Waals surface area contributed by atoms with Crippen LogP contribution in [0.1, 0.15) is 26.3 Å². The summed E-state index contributed by atoms with van der Waals surface area (Å²) in [5, 5.41) is 19.3. The van der Waals surface area contributed by atoms with Crippen LogP contribution in [0.5, 0.6) is 0 Å². The van der Waals surface area contributed by atoms with Crippen LogP contribution in [0.25, 0.3) is 0 Å². The first-order valence-corrected chi connectivity index (χ1v) is 6.56. The van der Waals surface area contributed by atoms with Gasteiger partial charge in [0.25, 0.3) is 0 Å². The molecule has 0 bridgehead atoms. The zero-order chi connectivity index (χ0) is 13.5. The van der Waals surface area contributed by atoms with Crippen molar-refractivity contribution in [1.29, 1.82) is 0 Å². The number of amides is 1. The molecule has 1 rings (SSSR count). The van der Waals surface area contributed by atoms with Crippen molar-refractivity contribution in [3.05, 3.63) is 6.33 Å². The molecule has 18 heavy (non-hydrogen) atoms. The molecule has 0 aliphatic carbocycles. The number of aromatic nitrogens is 3. The predicted octanol–water partition coefficient (Wildman–Crippen LogP) is 0.542. The van der Waals surface area contributed by atoms with Gasteiger partial charge in [0.1, 0.15) is 12.4 Å². The minimum absolute atomic E-state index is 0.109. The molecular weight excluding hydrogens is 256 g/mol. The minimum Gasteiger partial charge on any atom is -0.481 e. The minimum atomic E-state index is -0.933. The van der Waals surface area contributed by atoms with Crippen LogP contribution in [0, 0.1) is 0 Å². The lowest BCUT2D eigenvalue weighted by Crippen LogP contribution is -2.31. The maximum atomic E-state index is 11.8. The van der Waals surface area contributed by atoms with E-state index in [0.717, 1.165) is 18.2 Å². The molecule has 1 unspecified atom stereocenters. The lowest BCUT2D eigenvalue weighted by atomic mass is 10.3. The Morgan fingerprint density at radius 1 is 1.61 bits per heavy atom. The molecule has 1 aromatic heterocycles. The van der Waals surface area contributed by atoms with E-state index < -0.39 is 12.0 Å². The largest absolute Gasteiger partial charge is 0.481 e. The fourth-order valence-corrected chi connectivity index (χ4v) is 1.96. The standard InChI is InChI=1S/C10H16N4O3S/c1-3-4-11-9(17)7(2)14-6-12-13-10(14)18-5-8(15)16/h6-7H,3-5H2,1-2H3,(H,11,17)(H,15,16). The van der Waals surface area contributed by atoms with Crippen molar-refractivity contribution in [2.24, 2.45) is 0 Å². The van der Waals surface area contributed by atoms with Crippen molar-refractivity contribution in [1.82, 2.24) is 20.1 Å². The Morgan fingerprint density at radius 3 is 2.94 bits per heavy atom. The summed E-state index contributed by atoms with van der Waals surface area (Å²) in [4.78, 5) is 22.3. The van der Waals surface area contributed by atoms with Gasteiger partial charge < -0.3 is 10.4 Å². The van der Waals surface area contributed by atoms with Crippen LogP contribution in [0.2, 0.25) is 0 Å². The number of carboxylic acids is 1. The van der Waals surface area contributed by atoms with E-state index in [0.29, 0.717) is 11.7 Å². The normalized spacial score (nSPS) is 12.1. The summed E-state index contributed by atoms with van der Waals surface area (Å²) < 4.78 is 1.57. The lowest BCUT2D eigenvalue weighted by molar-refractivity contribution is -0.133. The van der Waals surface area contributed by atoms with Crippen molar-refractivity contribution in [3.8, 4) is 0 Å². The van der Waals surface area contributed by atoms with Crippen LogP contribution in [-0.2, 0) is 9.59 Å². The highest BCUT2D eigenvalue weighted by atomic mass is 32.2. The number of aliphatic carboxylic acids is 1. The first-order chi connectivity index (χ1) is 8.56. The second-order valence-corrected chi connectivity index (χ2v) is 4.61. The van der Waals surface area contributed by atoms with Crippen LogP contribution < -0.4 is 5.32 Å². The second kappa shape index (κ2) is 7.00. The molecule has 0 radical (unpaired) electrons. The summed E-state index contributed by atoms with van der Waals surface area (Å²) in [5.41, 5.74) is 0. The summed E-state index contributed by atoms with van der Waals surface area (Å²) in [6.45, 7) is 4.31. The average Bonchev–Trinajstić information content (AvgIpc) is 2.80. The fourth-order valence-electron chi connectivity index (χ4n) is 1.25. The van der Waals surface area contributed by atoms with Crippen molar-refractivity contribution >= 4 is 23.6 Å². The zero-order valence-electron chi connectivity index (χ0n) is 10.3. The quantitative estimate of drug-likeness (QED) is 0.703. The highest BCUT2D eigenvalue weighted by molar-refractivity contribution is 7.99. The first kappa shape index (κ1) is 14.5. The number of hydrogen-bond donors (Lipinski definition) is 2. The summed E-state index contributed by atoms with van der Waals surface area (Å²) in [6.07, 6.45) is 2.29. The van der Waals surface area contributed by atoms with Gasteiger partial charge in [0.15, 0.2) is 5.16 Å². The van der Waals surface area contributed by atoms with Crippen molar-refractivity contribution in [2.75, 3.05) is 12.3 Å². The maximum absolute atomic E-state index is 11.8. The number of carboxylic acid groups (broad SMARTS) is 1. The Bertz CT molecular complexity index is 421. The molecule has 8 heteroatoms. The number of rotatable bonds is 7. The van der Waals surface area contributed by atoms with Gasteiger partial charge in [0.2, 0.25) is 5.91 Å². The second-order valence-electron chi connectivity index (χ2n) is 3.67. The maximum Gasteiger partial charge on any atom is 0.313 e. The topological polar surface area (TPSA) is 97.1 Å². The van der Waals surface area contributed by atoms with Gasteiger partial charge in [-0.1, -0.05) is 18.7 Å². The SMILES string of the molecule is CCCNC(=O)C(C)n1cnnc1SCC(=O)O. The van der Waals surface area contributed by atoms with Crippen LogP contribution in [0.4, 0.5) is 0 Å². The third-order valence-electron chi connectivity index (χ3n) is 2.21. The molecule has 1 amide bonds. The van der Waals surface area contributed by atoms with Crippen LogP contribution >= 0.6 is 11.8 Å². The number of carbonyl (C=O) groups is 2. The van der Waals surface area contributed by atoms with Gasteiger partial charge in [0.05, 0.1) is 5.75 Å². The van der Waals surface area contributed by atoms with Gasteiger partial charge in [-0.2, -0.15) is 0 Å². The van der Waals surface area contributed by atoms with E-state index in [9.17, 15) is 9.59 Å². The predicted molar refractivity (Wildman–Crippen MR) is 66.4 cm³/mol. The molecule has 0 saturated heterocycles. The van der Waals surface area contributed by atoms with E-state index in [1.54, 1.807) is 11.5 Å². The van der Waals surface area contributed by atoms with Gasteiger partial charge in [0, 0.05) is 6.54 Å². The molecule has 0 aliphatic rings. The van der Waals surface area contributed by atoms with Gasteiger partial charge >= 0.3 is 5.97 Å². The third-order valence-corrected chi connectivity index (χ3v) is 3.15. The molecule has 1 aromatic rings. The lowest BCUT2D eigenvalue weighted by Gasteiger charge is -2.14. The fraction of sp³-hybridized carbons (Fsp3) is 0.600. The Balaban J connectivity index is 2.67. The van der Waals surface area contributed by atoms with Crippen LogP contribution in [-0.4, -0.2) is 44.0 Å². The molecular formula is C10H16N4O3S. The summed E-state index contributed by atoms with van der Waals surface area (Å²) in [6, 6.07) is -0.456. The molecule has 0 fully saturated rings. The van der Waals surface area contributed by atoms with Gasteiger partial charge in [-0.15, -0.1) is 10.2 Å². The van der Waals surface area contributed by atoms with Crippen molar-refractivity contribution in [2.45, 2.75) is 31.5 Å². The number of hydrogen-bond acceptors (Lipinski definition) is 5. The van der Waals surface area contributed by atoms with Crippen LogP contribution in [0.3, 0.4) is 0 Å². The monoisotopic (exact) mass is 272 g/mol. The van der Waals surface area contributed by atoms with Gasteiger partial charge in [-0.05, 0) is 13.3 Å². The van der Waals surface area contributed by atoms with Crippen molar-refractivity contribution in [3.63, 3.8) is 0 Å². The van der Waals surface area contributed by atoms with Gasteiger partial charge in [-0.25, -0.2) is 0 Å². The molecule has 1 heterocycles. The molecule has 0 saturated carbocycles. The zero-order valence-corrected chi connectivity index (χ0v) is 11.1. The number of nitrogens with one attached hydrogen (secondary N) is 1. The Hall–Kier alpha value is -1.57. The summed E-state index contributed by atoms with van der Waals surface area (Å²) >= 11 is 1.04. The van der Waals surface area contributed by atoms with Crippen LogP contribution in [0.15, 0.2) is 11.5 Å². The number of nitrogens with zero attached hydrogens (tertiary/aromatic N) is 3. The first-order valence-electron chi connectivity index (χ1n) is 5.58. The summed E-state index contributed by atoms with van der Waals surface area (Å²) in [7, 11) is 0. The molecule has 0 spiro atoms.